The standard InChI is InChI=1S/C13H23N3O/c1-10(2)16-13(12(17-3)9-15-16)11-7-5-4-6-8-14-11/h9-11,14H,4-8H2,1-3H3. The fourth-order valence-corrected chi connectivity index (χ4v) is 2.52. The fraction of sp³-hybridized carbons (Fsp3) is 0.769. The number of ether oxygens (including phenoxy) is 1. The molecular formula is C13H23N3O. The van der Waals surface area contributed by atoms with E-state index in [0.29, 0.717) is 12.1 Å². The van der Waals surface area contributed by atoms with Gasteiger partial charge in [0.05, 0.1) is 25.0 Å². The number of rotatable bonds is 3. The Morgan fingerprint density at radius 3 is 2.94 bits per heavy atom. The van der Waals surface area contributed by atoms with E-state index in [1.807, 2.05) is 6.20 Å². The summed E-state index contributed by atoms with van der Waals surface area (Å²) in [7, 11) is 1.72. The monoisotopic (exact) mass is 237 g/mol. The topological polar surface area (TPSA) is 39.1 Å². The summed E-state index contributed by atoms with van der Waals surface area (Å²) in [5.41, 5.74) is 1.21. The van der Waals surface area contributed by atoms with E-state index in [1.165, 1.54) is 31.4 Å². The molecule has 0 spiro atoms. The molecule has 96 valence electrons. The van der Waals surface area contributed by atoms with Gasteiger partial charge in [-0.25, -0.2) is 0 Å². The molecule has 0 bridgehead atoms. The predicted octanol–water partition coefficient (Wildman–Crippen LogP) is 2.68. The van der Waals surface area contributed by atoms with Gasteiger partial charge in [0.1, 0.15) is 0 Å². The minimum absolute atomic E-state index is 0.374. The summed E-state index contributed by atoms with van der Waals surface area (Å²) in [6.07, 6.45) is 6.89. The van der Waals surface area contributed by atoms with Crippen molar-refractivity contribution >= 4 is 0 Å². The number of hydrogen-bond acceptors (Lipinski definition) is 3. The van der Waals surface area contributed by atoms with Crippen LogP contribution in [0.2, 0.25) is 0 Å². The van der Waals surface area contributed by atoms with Crippen molar-refractivity contribution in [3.8, 4) is 5.75 Å². The van der Waals surface area contributed by atoms with Crippen LogP contribution in [0.4, 0.5) is 0 Å². The Kier molecular flexibility index (Phi) is 4.05. The smallest absolute Gasteiger partial charge is 0.161 e. The lowest BCUT2D eigenvalue weighted by molar-refractivity contribution is 0.381. The molecule has 2 heterocycles. The normalized spacial score (nSPS) is 21.5. The average Bonchev–Trinajstić information content (AvgIpc) is 2.57. The first-order chi connectivity index (χ1) is 8.24. The first kappa shape index (κ1) is 12.4. The van der Waals surface area contributed by atoms with Gasteiger partial charge in [0.2, 0.25) is 0 Å². The first-order valence-electron chi connectivity index (χ1n) is 6.58. The van der Waals surface area contributed by atoms with Crippen molar-refractivity contribution in [1.29, 1.82) is 0 Å². The lowest BCUT2D eigenvalue weighted by atomic mass is 10.1. The molecule has 1 aliphatic heterocycles. The van der Waals surface area contributed by atoms with Crippen LogP contribution >= 0.6 is 0 Å². The third-order valence-electron chi connectivity index (χ3n) is 3.40. The fourth-order valence-electron chi connectivity index (χ4n) is 2.52. The molecular weight excluding hydrogens is 214 g/mol. The van der Waals surface area contributed by atoms with Crippen molar-refractivity contribution in [2.24, 2.45) is 0 Å². The van der Waals surface area contributed by atoms with Crippen LogP contribution in [0.1, 0.15) is 57.3 Å². The molecule has 2 rings (SSSR count). The summed E-state index contributed by atoms with van der Waals surface area (Å²) >= 11 is 0. The van der Waals surface area contributed by atoms with Crippen molar-refractivity contribution < 1.29 is 4.74 Å². The van der Waals surface area contributed by atoms with Crippen LogP contribution in [-0.2, 0) is 0 Å². The third-order valence-corrected chi connectivity index (χ3v) is 3.40. The minimum atomic E-state index is 0.374. The maximum absolute atomic E-state index is 5.45. The lowest BCUT2D eigenvalue weighted by Crippen LogP contribution is -2.24. The van der Waals surface area contributed by atoms with Crippen LogP contribution in [0.25, 0.3) is 0 Å². The maximum Gasteiger partial charge on any atom is 0.161 e. The van der Waals surface area contributed by atoms with Crippen LogP contribution in [0.5, 0.6) is 5.75 Å². The highest BCUT2D eigenvalue weighted by molar-refractivity contribution is 5.29. The summed E-state index contributed by atoms with van der Waals surface area (Å²) in [5, 5.41) is 8.06. The van der Waals surface area contributed by atoms with E-state index >= 15 is 0 Å². The Balaban J connectivity index is 2.29. The van der Waals surface area contributed by atoms with Gasteiger partial charge in [-0.15, -0.1) is 0 Å². The quantitative estimate of drug-likeness (QED) is 0.878. The van der Waals surface area contributed by atoms with Gasteiger partial charge < -0.3 is 10.1 Å². The van der Waals surface area contributed by atoms with Gasteiger partial charge >= 0.3 is 0 Å². The van der Waals surface area contributed by atoms with E-state index < -0.39 is 0 Å². The van der Waals surface area contributed by atoms with Gasteiger partial charge in [0.25, 0.3) is 0 Å². The Hall–Kier alpha value is -1.03. The van der Waals surface area contributed by atoms with Gasteiger partial charge in [-0.3, -0.25) is 4.68 Å². The molecule has 1 aromatic heterocycles. The Labute approximate surface area is 103 Å². The summed E-state index contributed by atoms with van der Waals surface area (Å²) in [6, 6.07) is 0.760. The predicted molar refractivity (Wildman–Crippen MR) is 68.4 cm³/mol. The van der Waals surface area contributed by atoms with Crippen molar-refractivity contribution in [3.63, 3.8) is 0 Å². The Morgan fingerprint density at radius 2 is 2.24 bits per heavy atom. The second-order valence-corrected chi connectivity index (χ2v) is 4.99. The van der Waals surface area contributed by atoms with Crippen LogP contribution in [0.15, 0.2) is 6.20 Å². The third kappa shape index (κ3) is 2.63. The largest absolute Gasteiger partial charge is 0.493 e. The second kappa shape index (κ2) is 5.54. The molecule has 1 unspecified atom stereocenters. The molecule has 1 N–H and O–H groups in total. The maximum atomic E-state index is 5.45. The summed E-state index contributed by atoms with van der Waals surface area (Å²) in [5.74, 6) is 0.915. The van der Waals surface area contributed by atoms with Gasteiger partial charge in [-0.2, -0.15) is 5.10 Å². The minimum Gasteiger partial charge on any atom is -0.493 e. The lowest BCUT2D eigenvalue weighted by Gasteiger charge is -2.20. The number of methoxy groups -OCH3 is 1. The van der Waals surface area contributed by atoms with E-state index in [-0.39, 0.29) is 0 Å². The number of nitrogens with zero attached hydrogens (tertiary/aromatic N) is 2. The molecule has 1 aliphatic rings. The Morgan fingerprint density at radius 1 is 1.41 bits per heavy atom. The molecule has 17 heavy (non-hydrogen) atoms. The highest BCUT2D eigenvalue weighted by Crippen LogP contribution is 2.31. The number of aromatic nitrogens is 2. The zero-order valence-corrected chi connectivity index (χ0v) is 11.1. The molecule has 0 radical (unpaired) electrons. The highest BCUT2D eigenvalue weighted by atomic mass is 16.5. The average molecular weight is 237 g/mol. The van der Waals surface area contributed by atoms with E-state index in [9.17, 15) is 0 Å². The molecule has 1 atom stereocenters. The van der Waals surface area contributed by atoms with Gasteiger partial charge in [0.15, 0.2) is 5.75 Å². The van der Waals surface area contributed by atoms with E-state index in [0.717, 1.165) is 12.3 Å². The van der Waals surface area contributed by atoms with Gasteiger partial charge in [-0.05, 0) is 33.2 Å². The molecule has 1 aromatic rings. The summed E-state index contributed by atoms with van der Waals surface area (Å²) in [6.45, 7) is 5.41. The van der Waals surface area contributed by atoms with Crippen LogP contribution in [-0.4, -0.2) is 23.4 Å². The van der Waals surface area contributed by atoms with Crippen LogP contribution < -0.4 is 10.1 Å². The van der Waals surface area contributed by atoms with Crippen LogP contribution in [0.3, 0.4) is 0 Å². The first-order valence-corrected chi connectivity index (χ1v) is 6.58. The van der Waals surface area contributed by atoms with Gasteiger partial charge in [0, 0.05) is 6.04 Å². The van der Waals surface area contributed by atoms with Crippen molar-refractivity contribution in [2.75, 3.05) is 13.7 Å². The van der Waals surface area contributed by atoms with E-state index in [1.54, 1.807) is 7.11 Å². The van der Waals surface area contributed by atoms with Crippen molar-refractivity contribution in [1.82, 2.24) is 15.1 Å². The van der Waals surface area contributed by atoms with E-state index in [4.69, 9.17) is 4.74 Å². The molecule has 0 saturated carbocycles. The van der Waals surface area contributed by atoms with Crippen LogP contribution in [0, 0.1) is 0 Å². The molecule has 0 aromatic carbocycles. The molecule has 1 saturated heterocycles. The van der Waals surface area contributed by atoms with Crippen molar-refractivity contribution in [2.45, 2.75) is 51.6 Å². The molecule has 1 fully saturated rings. The Bertz CT molecular complexity index is 352. The van der Waals surface area contributed by atoms with Crippen molar-refractivity contribution in [3.05, 3.63) is 11.9 Å². The number of hydrogen-bond donors (Lipinski definition) is 1. The molecule has 0 aliphatic carbocycles. The molecule has 4 nitrogen and oxygen atoms in total. The SMILES string of the molecule is COc1cnn(C(C)C)c1C1CCCCCN1. The zero-order valence-electron chi connectivity index (χ0n) is 11.1. The molecule has 4 heteroatoms. The van der Waals surface area contributed by atoms with E-state index in [2.05, 4.69) is 28.9 Å². The second-order valence-electron chi connectivity index (χ2n) is 4.99. The summed E-state index contributed by atoms with van der Waals surface area (Å²) < 4.78 is 7.53. The van der Waals surface area contributed by atoms with Gasteiger partial charge in [-0.1, -0.05) is 12.8 Å². The highest BCUT2D eigenvalue weighted by Gasteiger charge is 2.23. The zero-order chi connectivity index (χ0) is 12.3. The summed E-state index contributed by atoms with van der Waals surface area (Å²) in [4.78, 5) is 0. The number of nitrogens with one attached hydrogen (secondary N) is 1. The molecule has 0 amide bonds.